The number of rotatable bonds is 3. The van der Waals surface area contributed by atoms with Crippen LogP contribution < -0.4 is 5.32 Å². The Hall–Kier alpha value is -1.73. The van der Waals surface area contributed by atoms with E-state index >= 15 is 0 Å². The quantitative estimate of drug-likeness (QED) is 0.831. The van der Waals surface area contributed by atoms with Gasteiger partial charge >= 0.3 is 6.18 Å². The maximum absolute atomic E-state index is 13.6. The molecule has 5 nitrogen and oxygen atoms in total. The fourth-order valence-corrected chi connectivity index (χ4v) is 4.55. The molecule has 1 amide bonds. The van der Waals surface area contributed by atoms with Gasteiger partial charge < -0.3 is 10.2 Å². The summed E-state index contributed by atoms with van der Waals surface area (Å²) in [4.78, 5) is 14.3. The number of anilines is 1. The molecular weight excluding hydrogens is 369 g/mol. The lowest BCUT2D eigenvalue weighted by molar-refractivity contribution is -0.174. The standard InChI is InChI=1S/C20H29F3N4O/c1-11(2)15-9-17(20(21,22)23)27-18(24-15)10-16(25-27)13-4-6-26(7-5-13)19(28)14-8-12(14)3/h10-15,17,24H,4-9H2,1-3H3/t12?,14?,15-,17+/m0/s1. The van der Waals surface area contributed by atoms with E-state index in [4.69, 9.17) is 0 Å². The monoisotopic (exact) mass is 398 g/mol. The summed E-state index contributed by atoms with van der Waals surface area (Å²) in [6.45, 7) is 7.30. The van der Waals surface area contributed by atoms with Crippen molar-refractivity contribution in [1.29, 1.82) is 0 Å². The summed E-state index contributed by atoms with van der Waals surface area (Å²) in [5, 5.41) is 7.63. The third kappa shape index (κ3) is 3.62. The minimum atomic E-state index is -4.32. The van der Waals surface area contributed by atoms with E-state index < -0.39 is 12.2 Å². The van der Waals surface area contributed by atoms with Crippen molar-refractivity contribution < 1.29 is 18.0 Å². The molecule has 1 aromatic rings. The second kappa shape index (κ2) is 6.95. The molecule has 4 atom stereocenters. The number of aromatic nitrogens is 2. The molecule has 0 bridgehead atoms. The normalized spacial score (nSPS) is 30.9. The van der Waals surface area contributed by atoms with Crippen molar-refractivity contribution in [1.82, 2.24) is 14.7 Å². The molecule has 28 heavy (non-hydrogen) atoms. The van der Waals surface area contributed by atoms with Crippen LogP contribution in [-0.2, 0) is 4.79 Å². The number of piperidine rings is 1. The lowest BCUT2D eigenvalue weighted by Gasteiger charge is -2.35. The molecule has 0 radical (unpaired) electrons. The zero-order valence-electron chi connectivity index (χ0n) is 16.7. The van der Waals surface area contributed by atoms with Gasteiger partial charge in [-0.2, -0.15) is 18.3 Å². The maximum atomic E-state index is 13.6. The predicted octanol–water partition coefficient (Wildman–Crippen LogP) is 4.19. The minimum Gasteiger partial charge on any atom is -0.367 e. The van der Waals surface area contributed by atoms with Crippen LogP contribution >= 0.6 is 0 Å². The van der Waals surface area contributed by atoms with Crippen LogP contribution in [0.15, 0.2) is 6.07 Å². The number of likely N-dealkylation sites (tertiary alicyclic amines) is 1. The van der Waals surface area contributed by atoms with Gasteiger partial charge in [0, 0.05) is 37.0 Å². The van der Waals surface area contributed by atoms with Crippen LogP contribution in [0.1, 0.15) is 64.1 Å². The highest BCUT2D eigenvalue weighted by Gasteiger charge is 2.47. The molecule has 3 heterocycles. The summed E-state index contributed by atoms with van der Waals surface area (Å²) in [6, 6.07) is -0.00938. The van der Waals surface area contributed by atoms with E-state index in [-0.39, 0.29) is 36.1 Å². The number of carbonyl (C=O) groups is 1. The number of hydrogen-bond acceptors (Lipinski definition) is 3. The SMILES string of the molecule is CC1CC1C(=O)N1CCC(c2cc3n(n2)[C@@H](C(F)(F)F)C[C@@H](C(C)C)N3)CC1. The van der Waals surface area contributed by atoms with Crippen LogP contribution in [0.5, 0.6) is 0 Å². The molecule has 1 aromatic heterocycles. The van der Waals surface area contributed by atoms with Crippen LogP contribution in [-0.4, -0.2) is 45.9 Å². The summed E-state index contributed by atoms with van der Waals surface area (Å²) in [5.41, 5.74) is 0.716. The van der Waals surface area contributed by atoms with Gasteiger partial charge in [0.2, 0.25) is 5.91 Å². The Bertz CT molecular complexity index is 736. The van der Waals surface area contributed by atoms with Gasteiger partial charge in [-0.3, -0.25) is 4.79 Å². The number of nitrogens with one attached hydrogen (secondary N) is 1. The molecule has 1 saturated heterocycles. The Morgan fingerprint density at radius 2 is 1.89 bits per heavy atom. The second-order valence-corrected chi connectivity index (χ2v) is 9.11. The van der Waals surface area contributed by atoms with Gasteiger partial charge in [-0.25, -0.2) is 4.68 Å². The Labute approximate surface area is 163 Å². The molecule has 8 heteroatoms. The van der Waals surface area contributed by atoms with Crippen molar-refractivity contribution in [3.8, 4) is 0 Å². The second-order valence-electron chi connectivity index (χ2n) is 9.11. The van der Waals surface area contributed by atoms with E-state index in [1.165, 1.54) is 0 Å². The van der Waals surface area contributed by atoms with Gasteiger partial charge in [-0.05, 0) is 37.5 Å². The highest BCUT2D eigenvalue weighted by atomic mass is 19.4. The van der Waals surface area contributed by atoms with Crippen LogP contribution in [0, 0.1) is 17.8 Å². The predicted molar refractivity (Wildman–Crippen MR) is 100 cm³/mol. The van der Waals surface area contributed by atoms with Gasteiger partial charge in [-0.1, -0.05) is 20.8 Å². The molecule has 2 aliphatic heterocycles. The van der Waals surface area contributed by atoms with Crippen LogP contribution in [0.2, 0.25) is 0 Å². The largest absolute Gasteiger partial charge is 0.410 e. The number of nitrogens with zero attached hydrogens (tertiary/aromatic N) is 3. The number of carbonyl (C=O) groups excluding carboxylic acids is 1. The van der Waals surface area contributed by atoms with E-state index in [9.17, 15) is 18.0 Å². The lowest BCUT2D eigenvalue weighted by Crippen LogP contribution is -2.41. The highest BCUT2D eigenvalue weighted by Crippen LogP contribution is 2.43. The van der Waals surface area contributed by atoms with E-state index in [2.05, 4.69) is 17.3 Å². The van der Waals surface area contributed by atoms with Crippen molar-refractivity contribution in [2.75, 3.05) is 18.4 Å². The van der Waals surface area contributed by atoms with Crippen molar-refractivity contribution >= 4 is 11.7 Å². The number of hydrogen-bond donors (Lipinski definition) is 1. The Morgan fingerprint density at radius 1 is 1.25 bits per heavy atom. The Morgan fingerprint density at radius 3 is 2.43 bits per heavy atom. The van der Waals surface area contributed by atoms with E-state index in [1.54, 1.807) is 6.07 Å². The molecular formula is C20H29F3N4O. The molecule has 1 saturated carbocycles. The lowest BCUT2D eigenvalue weighted by atomic mass is 9.93. The van der Waals surface area contributed by atoms with Gasteiger partial charge in [0.15, 0.2) is 6.04 Å². The summed E-state index contributed by atoms with van der Waals surface area (Å²) in [5.74, 6) is 1.59. The topological polar surface area (TPSA) is 50.2 Å². The molecule has 1 aliphatic carbocycles. The van der Waals surface area contributed by atoms with Crippen molar-refractivity contribution in [3.05, 3.63) is 11.8 Å². The van der Waals surface area contributed by atoms with Gasteiger partial charge in [0.05, 0.1) is 5.69 Å². The Kier molecular flexibility index (Phi) is 4.86. The molecule has 156 valence electrons. The van der Waals surface area contributed by atoms with Crippen molar-refractivity contribution in [2.45, 2.75) is 70.6 Å². The van der Waals surface area contributed by atoms with Gasteiger partial charge in [0.25, 0.3) is 0 Å². The highest BCUT2D eigenvalue weighted by molar-refractivity contribution is 5.81. The fourth-order valence-electron chi connectivity index (χ4n) is 4.55. The molecule has 0 spiro atoms. The first kappa shape index (κ1) is 19.6. The zero-order valence-corrected chi connectivity index (χ0v) is 16.7. The number of amides is 1. The van der Waals surface area contributed by atoms with E-state index in [1.807, 2.05) is 18.7 Å². The summed E-state index contributed by atoms with van der Waals surface area (Å²) >= 11 is 0. The minimum absolute atomic E-state index is 0.00179. The third-order valence-corrected chi connectivity index (χ3v) is 6.69. The molecule has 3 aliphatic rings. The number of halogens is 3. The third-order valence-electron chi connectivity index (χ3n) is 6.69. The average Bonchev–Trinajstić information content (AvgIpc) is 3.21. The number of alkyl halides is 3. The molecule has 2 fully saturated rings. The van der Waals surface area contributed by atoms with Crippen LogP contribution in [0.4, 0.5) is 19.0 Å². The first-order valence-electron chi connectivity index (χ1n) is 10.4. The van der Waals surface area contributed by atoms with Crippen LogP contribution in [0.25, 0.3) is 0 Å². The smallest absolute Gasteiger partial charge is 0.367 e. The zero-order chi connectivity index (χ0) is 20.2. The first-order chi connectivity index (χ1) is 13.1. The van der Waals surface area contributed by atoms with E-state index in [0.29, 0.717) is 30.5 Å². The van der Waals surface area contributed by atoms with Crippen LogP contribution in [0.3, 0.4) is 0 Å². The first-order valence-corrected chi connectivity index (χ1v) is 10.4. The van der Waals surface area contributed by atoms with Gasteiger partial charge in [-0.15, -0.1) is 0 Å². The van der Waals surface area contributed by atoms with E-state index in [0.717, 1.165) is 23.9 Å². The molecule has 1 N–H and O–H groups in total. The van der Waals surface area contributed by atoms with Crippen molar-refractivity contribution in [2.24, 2.45) is 17.8 Å². The fraction of sp³-hybridized carbons (Fsp3) is 0.800. The average molecular weight is 398 g/mol. The molecule has 4 rings (SSSR count). The molecule has 0 aromatic carbocycles. The summed E-state index contributed by atoms with van der Waals surface area (Å²) < 4.78 is 42.0. The molecule has 2 unspecified atom stereocenters. The Balaban J connectivity index is 1.48. The summed E-state index contributed by atoms with van der Waals surface area (Å²) in [7, 11) is 0. The number of fused-ring (bicyclic) bond motifs is 1. The van der Waals surface area contributed by atoms with Crippen molar-refractivity contribution in [3.63, 3.8) is 0 Å². The summed E-state index contributed by atoms with van der Waals surface area (Å²) in [6.07, 6.45) is -1.82. The van der Waals surface area contributed by atoms with Gasteiger partial charge in [0.1, 0.15) is 5.82 Å². The maximum Gasteiger partial charge on any atom is 0.410 e.